The van der Waals surface area contributed by atoms with E-state index in [2.05, 4.69) is 25.5 Å². The Morgan fingerprint density at radius 3 is 2.85 bits per heavy atom. The van der Waals surface area contributed by atoms with Crippen molar-refractivity contribution >= 4 is 17.0 Å². The Morgan fingerprint density at radius 2 is 2.15 bits per heavy atom. The van der Waals surface area contributed by atoms with Crippen molar-refractivity contribution in [2.24, 2.45) is 0 Å². The molecular weight excluding hydrogens is 261 g/mol. The van der Waals surface area contributed by atoms with Crippen LogP contribution in [-0.4, -0.2) is 34.3 Å². The summed E-state index contributed by atoms with van der Waals surface area (Å²) in [5.74, 6) is 0.194. The molecule has 0 amide bonds. The van der Waals surface area contributed by atoms with E-state index in [1.54, 1.807) is 25.4 Å². The van der Waals surface area contributed by atoms with Gasteiger partial charge in [-0.1, -0.05) is 0 Å². The molecule has 0 unspecified atom stereocenters. The third-order valence-corrected chi connectivity index (χ3v) is 2.96. The van der Waals surface area contributed by atoms with Crippen molar-refractivity contribution in [1.29, 1.82) is 0 Å². The van der Waals surface area contributed by atoms with E-state index in [1.165, 1.54) is 13.2 Å². The van der Waals surface area contributed by atoms with E-state index >= 15 is 0 Å². The van der Waals surface area contributed by atoms with Gasteiger partial charge in [0.1, 0.15) is 0 Å². The number of fused-ring (bicyclic) bond motifs is 1. The highest BCUT2D eigenvalue weighted by molar-refractivity contribution is 5.90. The highest BCUT2D eigenvalue weighted by Gasteiger charge is 2.13. The summed E-state index contributed by atoms with van der Waals surface area (Å²) in [4.78, 5) is 8.61. The summed E-state index contributed by atoms with van der Waals surface area (Å²) in [6, 6.07) is 4.70. The minimum absolute atomic E-state index is 0.195. The molecule has 0 aliphatic rings. The lowest BCUT2D eigenvalue weighted by Crippen LogP contribution is -1.99. The van der Waals surface area contributed by atoms with Crippen LogP contribution >= 0.6 is 0 Å². The Bertz CT molecular complexity index is 771. The largest absolute Gasteiger partial charge is 0.494 e. The van der Waals surface area contributed by atoms with Crippen LogP contribution in [0.5, 0.6) is 5.75 Å². The second-order valence-corrected chi connectivity index (χ2v) is 4.13. The van der Waals surface area contributed by atoms with Gasteiger partial charge in [-0.2, -0.15) is 10.1 Å². The van der Waals surface area contributed by atoms with Gasteiger partial charge >= 0.3 is 0 Å². The average Bonchev–Trinajstić information content (AvgIpc) is 2.94. The fraction of sp³-hybridized carbons (Fsp3) is 0.154. The predicted molar refractivity (Wildman–Crippen MR) is 73.2 cm³/mol. The number of aromatic amines is 1. The quantitative estimate of drug-likeness (QED) is 0.765. The van der Waals surface area contributed by atoms with Gasteiger partial charge in [-0.15, -0.1) is 0 Å². The third kappa shape index (κ3) is 1.93. The predicted octanol–water partition coefficient (Wildman–Crippen LogP) is 2.21. The summed E-state index contributed by atoms with van der Waals surface area (Å²) in [7, 11) is 3.14. The van der Waals surface area contributed by atoms with Gasteiger partial charge in [-0.25, -0.2) is 9.37 Å². The molecule has 2 N–H and O–H groups in total. The summed E-state index contributed by atoms with van der Waals surface area (Å²) >= 11 is 0. The minimum Gasteiger partial charge on any atom is -0.494 e. The van der Waals surface area contributed by atoms with Crippen LogP contribution in [0.2, 0.25) is 0 Å². The summed E-state index contributed by atoms with van der Waals surface area (Å²) in [5, 5.41) is 10.3. The maximum absolute atomic E-state index is 13.8. The molecule has 0 fully saturated rings. The number of aromatic nitrogens is 4. The van der Waals surface area contributed by atoms with Crippen molar-refractivity contribution in [3.05, 3.63) is 30.2 Å². The van der Waals surface area contributed by atoms with Crippen molar-refractivity contribution in [3.63, 3.8) is 0 Å². The van der Waals surface area contributed by atoms with Crippen molar-refractivity contribution in [1.82, 2.24) is 20.2 Å². The Kier molecular flexibility index (Phi) is 2.94. The molecule has 6 nitrogen and oxygen atoms in total. The van der Waals surface area contributed by atoms with Gasteiger partial charge in [0.15, 0.2) is 17.2 Å². The van der Waals surface area contributed by atoms with Crippen LogP contribution in [-0.2, 0) is 0 Å². The van der Waals surface area contributed by atoms with Crippen LogP contribution in [0.1, 0.15) is 0 Å². The van der Waals surface area contributed by atoms with Crippen molar-refractivity contribution in [3.8, 4) is 17.0 Å². The van der Waals surface area contributed by atoms with Crippen LogP contribution in [0.3, 0.4) is 0 Å². The molecule has 3 rings (SSSR count). The first kappa shape index (κ1) is 12.3. The molecule has 0 aliphatic carbocycles. The van der Waals surface area contributed by atoms with E-state index in [0.29, 0.717) is 22.9 Å². The minimum atomic E-state index is -0.439. The van der Waals surface area contributed by atoms with Crippen LogP contribution in [0.25, 0.3) is 22.3 Å². The second-order valence-electron chi connectivity index (χ2n) is 4.13. The summed E-state index contributed by atoms with van der Waals surface area (Å²) in [6.45, 7) is 0. The molecule has 0 radical (unpaired) electrons. The number of benzene rings is 1. The number of nitrogens with one attached hydrogen (secondary N) is 2. The molecule has 0 saturated heterocycles. The molecular formula is C13H12FN5O. The lowest BCUT2D eigenvalue weighted by Gasteiger charge is -2.07. The molecule has 3 aromatic rings. The maximum atomic E-state index is 13.8. The number of nitrogens with zero attached hydrogens (tertiary/aromatic N) is 3. The summed E-state index contributed by atoms with van der Waals surface area (Å²) in [6.07, 6.45) is 1.62. The first-order valence-electron chi connectivity index (χ1n) is 5.95. The SMILES string of the molecule is CNc1nc(-c2ccc(OC)c(F)c2)c2cn[nH]c2n1. The van der Waals surface area contributed by atoms with E-state index in [9.17, 15) is 4.39 Å². The van der Waals surface area contributed by atoms with Crippen LogP contribution in [0.4, 0.5) is 10.3 Å². The number of hydrogen-bond donors (Lipinski definition) is 2. The monoisotopic (exact) mass is 273 g/mol. The first-order chi connectivity index (χ1) is 9.72. The standard InChI is InChI=1S/C13H12FN5O/c1-15-13-17-11(8-6-16-19-12(8)18-13)7-3-4-10(20-2)9(14)5-7/h3-6H,1-2H3,(H2,15,16,17,18,19). The average molecular weight is 273 g/mol. The van der Waals surface area contributed by atoms with E-state index in [-0.39, 0.29) is 5.75 Å². The smallest absolute Gasteiger partial charge is 0.225 e. The fourth-order valence-corrected chi connectivity index (χ4v) is 1.98. The highest BCUT2D eigenvalue weighted by Crippen LogP contribution is 2.29. The molecule has 2 heterocycles. The van der Waals surface area contributed by atoms with Crippen molar-refractivity contribution in [2.45, 2.75) is 0 Å². The molecule has 7 heteroatoms. The molecule has 0 aliphatic heterocycles. The van der Waals surface area contributed by atoms with Crippen LogP contribution in [0.15, 0.2) is 24.4 Å². The number of hydrogen-bond acceptors (Lipinski definition) is 5. The molecule has 1 aromatic carbocycles. The Balaban J connectivity index is 2.22. The number of H-pyrrole nitrogens is 1. The molecule has 2 aromatic heterocycles. The number of ether oxygens (including phenoxy) is 1. The maximum Gasteiger partial charge on any atom is 0.225 e. The molecule has 0 saturated carbocycles. The van der Waals surface area contributed by atoms with Gasteiger partial charge < -0.3 is 10.1 Å². The third-order valence-electron chi connectivity index (χ3n) is 2.96. The van der Waals surface area contributed by atoms with Gasteiger partial charge in [0.05, 0.1) is 24.4 Å². The number of rotatable bonds is 3. The number of methoxy groups -OCH3 is 1. The fourth-order valence-electron chi connectivity index (χ4n) is 1.98. The van der Waals surface area contributed by atoms with E-state index in [0.717, 1.165) is 5.39 Å². The lowest BCUT2D eigenvalue weighted by atomic mass is 10.1. The first-order valence-corrected chi connectivity index (χ1v) is 5.95. The van der Waals surface area contributed by atoms with Crippen molar-refractivity contribution in [2.75, 3.05) is 19.5 Å². The second kappa shape index (κ2) is 4.76. The zero-order valence-electron chi connectivity index (χ0n) is 10.9. The molecule has 102 valence electrons. The normalized spacial score (nSPS) is 10.8. The van der Waals surface area contributed by atoms with E-state index in [1.807, 2.05) is 0 Å². The van der Waals surface area contributed by atoms with E-state index < -0.39 is 5.82 Å². The number of halogens is 1. The lowest BCUT2D eigenvalue weighted by molar-refractivity contribution is 0.386. The zero-order chi connectivity index (χ0) is 14.1. The Morgan fingerprint density at radius 1 is 1.30 bits per heavy atom. The van der Waals surface area contributed by atoms with Gasteiger partial charge in [0.25, 0.3) is 0 Å². The highest BCUT2D eigenvalue weighted by atomic mass is 19.1. The Hall–Kier alpha value is -2.70. The van der Waals surface area contributed by atoms with E-state index in [4.69, 9.17) is 4.74 Å². The zero-order valence-corrected chi connectivity index (χ0v) is 10.9. The molecule has 20 heavy (non-hydrogen) atoms. The molecule has 0 atom stereocenters. The van der Waals surface area contributed by atoms with Gasteiger partial charge in [0, 0.05) is 12.6 Å². The van der Waals surface area contributed by atoms with Crippen LogP contribution in [0, 0.1) is 5.82 Å². The molecule has 0 bridgehead atoms. The van der Waals surface area contributed by atoms with Gasteiger partial charge in [-0.05, 0) is 18.2 Å². The topological polar surface area (TPSA) is 75.7 Å². The van der Waals surface area contributed by atoms with Crippen LogP contribution < -0.4 is 10.1 Å². The van der Waals surface area contributed by atoms with Gasteiger partial charge in [-0.3, -0.25) is 5.10 Å². The van der Waals surface area contributed by atoms with Gasteiger partial charge in [0.2, 0.25) is 5.95 Å². The molecule has 0 spiro atoms. The number of anilines is 1. The summed E-state index contributed by atoms with van der Waals surface area (Å²) in [5.41, 5.74) is 1.83. The van der Waals surface area contributed by atoms with Crippen molar-refractivity contribution < 1.29 is 9.13 Å². The summed E-state index contributed by atoms with van der Waals surface area (Å²) < 4.78 is 18.8. The Labute approximate surface area is 114 Å².